The van der Waals surface area contributed by atoms with Crippen LogP contribution in [0.4, 0.5) is 5.69 Å². The van der Waals surface area contributed by atoms with Crippen LogP contribution in [0, 0.1) is 17.0 Å². The number of nitro benzene ring substituents is 1. The molecule has 0 aliphatic rings. The molecule has 100 valence electrons. The summed E-state index contributed by atoms with van der Waals surface area (Å²) in [5.41, 5.74) is 1.83. The van der Waals surface area contributed by atoms with Crippen molar-refractivity contribution < 1.29 is 14.8 Å². The number of aromatic amines is 1. The van der Waals surface area contributed by atoms with Gasteiger partial charge in [0, 0.05) is 23.2 Å². The van der Waals surface area contributed by atoms with Gasteiger partial charge in [0.15, 0.2) is 0 Å². The second-order valence-electron chi connectivity index (χ2n) is 4.23. The Morgan fingerprint density at radius 3 is 2.79 bits per heavy atom. The molecule has 0 aliphatic heterocycles. The number of carboxylic acid groups (broad SMARTS) is 1. The minimum Gasteiger partial charge on any atom is -0.481 e. The van der Waals surface area contributed by atoms with E-state index in [0.29, 0.717) is 16.5 Å². The van der Waals surface area contributed by atoms with Crippen LogP contribution in [0.1, 0.15) is 17.7 Å². The molecule has 1 heterocycles. The highest BCUT2D eigenvalue weighted by atomic mass is 35.5. The molecule has 0 amide bonds. The number of nitrogens with zero attached hydrogens (tertiary/aromatic N) is 1. The number of aryl methyl sites for hydroxylation is 2. The van der Waals surface area contributed by atoms with Gasteiger partial charge in [0.1, 0.15) is 0 Å². The summed E-state index contributed by atoms with van der Waals surface area (Å²) in [6.07, 6.45) is 0.164. The van der Waals surface area contributed by atoms with E-state index in [0.717, 1.165) is 5.69 Å². The number of H-pyrrole nitrogens is 1. The lowest BCUT2D eigenvalue weighted by atomic mass is 10.0. The first-order valence-corrected chi connectivity index (χ1v) is 5.95. The van der Waals surface area contributed by atoms with E-state index in [4.69, 9.17) is 16.7 Å². The third kappa shape index (κ3) is 2.53. The summed E-state index contributed by atoms with van der Waals surface area (Å²) in [6.45, 7) is 1.76. The predicted octanol–water partition coefficient (Wildman–Crippen LogP) is 3.06. The molecule has 7 heteroatoms. The molecule has 0 fully saturated rings. The zero-order valence-electron chi connectivity index (χ0n) is 10.1. The average molecular weight is 283 g/mol. The Morgan fingerprint density at radius 1 is 1.53 bits per heavy atom. The van der Waals surface area contributed by atoms with Crippen LogP contribution >= 0.6 is 11.6 Å². The third-order valence-corrected chi connectivity index (χ3v) is 3.16. The van der Waals surface area contributed by atoms with E-state index >= 15 is 0 Å². The van der Waals surface area contributed by atoms with Crippen molar-refractivity contribution in [3.8, 4) is 0 Å². The summed E-state index contributed by atoms with van der Waals surface area (Å²) in [5, 5.41) is 20.5. The van der Waals surface area contributed by atoms with Gasteiger partial charge in [0.25, 0.3) is 5.69 Å². The highest BCUT2D eigenvalue weighted by Crippen LogP contribution is 2.34. The van der Waals surface area contributed by atoms with Gasteiger partial charge >= 0.3 is 5.97 Å². The summed E-state index contributed by atoms with van der Waals surface area (Å²) < 4.78 is 0. The van der Waals surface area contributed by atoms with E-state index in [-0.39, 0.29) is 23.6 Å². The molecule has 0 atom stereocenters. The Hall–Kier alpha value is -2.08. The number of hydrogen-bond donors (Lipinski definition) is 2. The van der Waals surface area contributed by atoms with Gasteiger partial charge in [0.05, 0.1) is 15.8 Å². The maximum Gasteiger partial charge on any atom is 0.303 e. The summed E-state index contributed by atoms with van der Waals surface area (Å²) >= 11 is 5.84. The van der Waals surface area contributed by atoms with Crippen LogP contribution in [0.3, 0.4) is 0 Å². The van der Waals surface area contributed by atoms with E-state index in [2.05, 4.69) is 4.98 Å². The molecule has 19 heavy (non-hydrogen) atoms. The summed E-state index contributed by atoms with van der Waals surface area (Å²) in [7, 11) is 0. The fourth-order valence-electron chi connectivity index (χ4n) is 2.16. The van der Waals surface area contributed by atoms with Gasteiger partial charge in [-0.3, -0.25) is 14.9 Å². The lowest BCUT2D eigenvalue weighted by Gasteiger charge is -2.00. The van der Waals surface area contributed by atoms with Crippen LogP contribution < -0.4 is 0 Å². The number of benzene rings is 1. The smallest absolute Gasteiger partial charge is 0.303 e. The fraction of sp³-hybridized carbons (Fsp3) is 0.250. The van der Waals surface area contributed by atoms with E-state index < -0.39 is 10.9 Å². The third-order valence-electron chi connectivity index (χ3n) is 2.94. The minimum absolute atomic E-state index is 0.0758. The van der Waals surface area contributed by atoms with Crippen molar-refractivity contribution in [3.05, 3.63) is 38.5 Å². The monoisotopic (exact) mass is 282 g/mol. The number of non-ortho nitro benzene ring substituents is 1. The molecule has 2 N–H and O–H groups in total. The van der Waals surface area contributed by atoms with Gasteiger partial charge in [-0.15, -0.1) is 0 Å². The molecule has 0 aliphatic carbocycles. The topological polar surface area (TPSA) is 96.2 Å². The number of fused-ring (bicyclic) bond motifs is 1. The van der Waals surface area contributed by atoms with Crippen molar-refractivity contribution in [1.82, 2.24) is 4.98 Å². The van der Waals surface area contributed by atoms with Crippen LogP contribution in [-0.4, -0.2) is 21.0 Å². The number of rotatable bonds is 4. The van der Waals surface area contributed by atoms with Crippen LogP contribution in [0.15, 0.2) is 12.1 Å². The second kappa shape index (κ2) is 4.89. The van der Waals surface area contributed by atoms with Crippen molar-refractivity contribution in [2.75, 3.05) is 0 Å². The first-order valence-electron chi connectivity index (χ1n) is 5.57. The zero-order chi connectivity index (χ0) is 14.2. The number of aromatic nitrogens is 1. The minimum atomic E-state index is -0.939. The van der Waals surface area contributed by atoms with Gasteiger partial charge < -0.3 is 10.1 Å². The van der Waals surface area contributed by atoms with Crippen molar-refractivity contribution in [2.24, 2.45) is 0 Å². The Bertz CT molecular complexity index is 678. The first-order chi connectivity index (χ1) is 8.90. The quantitative estimate of drug-likeness (QED) is 0.665. The maximum atomic E-state index is 11.1. The van der Waals surface area contributed by atoms with Gasteiger partial charge in [0.2, 0.25) is 0 Å². The maximum absolute atomic E-state index is 11.1. The lowest BCUT2D eigenvalue weighted by molar-refractivity contribution is -0.383. The van der Waals surface area contributed by atoms with E-state index in [9.17, 15) is 14.9 Å². The van der Waals surface area contributed by atoms with Crippen molar-refractivity contribution in [3.63, 3.8) is 0 Å². The van der Waals surface area contributed by atoms with Crippen LogP contribution in [0.5, 0.6) is 0 Å². The number of nitro groups is 1. The zero-order valence-corrected chi connectivity index (χ0v) is 10.8. The molecule has 1 aromatic heterocycles. The molecule has 6 nitrogen and oxygen atoms in total. The largest absolute Gasteiger partial charge is 0.481 e. The van der Waals surface area contributed by atoms with Gasteiger partial charge in [-0.25, -0.2) is 0 Å². The molecule has 1 aromatic carbocycles. The first kappa shape index (κ1) is 13.4. The number of nitrogens with one attached hydrogen (secondary N) is 1. The average Bonchev–Trinajstić information content (AvgIpc) is 2.60. The van der Waals surface area contributed by atoms with Crippen LogP contribution in [0.25, 0.3) is 10.9 Å². The number of hydrogen-bond acceptors (Lipinski definition) is 3. The standard InChI is InChI=1S/C12H11ClN2O4/c1-6-8(2-3-11(16)17)12-9(14-6)4-7(13)5-10(12)15(18)19/h4-5,14H,2-3H2,1H3,(H,16,17). The van der Waals surface area contributed by atoms with Gasteiger partial charge in [-0.2, -0.15) is 0 Å². The molecule has 2 rings (SSSR count). The SMILES string of the molecule is Cc1[nH]c2cc(Cl)cc([N+](=O)[O-])c2c1CCC(=O)O. The lowest BCUT2D eigenvalue weighted by Crippen LogP contribution is -1.99. The van der Waals surface area contributed by atoms with E-state index in [1.807, 2.05) is 0 Å². The molecule has 0 saturated carbocycles. The Morgan fingerprint density at radius 2 is 2.21 bits per heavy atom. The molecule has 0 bridgehead atoms. The predicted molar refractivity (Wildman–Crippen MR) is 70.7 cm³/mol. The highest BCUT2D eigenvalue weighted by Gasteiger charge is 2.20. The summed E-state index contributed by atoms with van der Waals surface area (Å²) in [4.78, 5) is 24.2. The van der Waals surface area contributed by atoms with Gasteiger partial charge in [-0.05, 0) is 25.0 Å². The second-order valence-corrected chi connectivity index (χ2v) is 4.66. The van der Waals surface area contributed by atoms with E-state index in [1.54, 1.807) is 13.0 Å². The number of halogens is 1. The van der Waals surface area contributed by atoms with E-state index in [1.165, 1.54) is 6.07 Å². The van der Waals surface area contributed by atoms with Gasteiger partial charge in [-0.1, -0.05) is 11.6 Å². The van der Waals surface area contributed by atoms with Crippen LogP contribution in [-0.2, 0) is 11.2 Å². The number of aliphatic carboxylic acids is 1. The molecule has 0 unspecified atom stereocenters. The molecule has 0 spiro atoms. The molecular formula is C12H11ClN2O4. The highest BCUT2D eigenvalue weighted by molar-refractivity contribution is 6.31. The van der Waals surface area contributed by atoms with Crippen molar-refractivity contribution in [2.45, 2.75) is 19.8 Å². The van der Waals surface area contributed by atoms with Crippen molar-refractivity contribution in [1.29, 1.82) is 0 Å². The number of carboxylic acids is 1. The summed E-state index contributed by atoms with van der Waals surface area (Å²) in [5.74, 6) is -0.939. The number of carbonyl (C=O) groups is 1. The normalized spacial score (nSPS) is 10.8. The molecule has 2 aromatic rings. The summed E-state index contributed by atoms with van der Waals surface area (Å²) in [6, 6.07) is 2.88. The van der Waals surface area contributed by atoms with Crippen molar-refractivity contribution >= 4 is 34.2 Å². The Labute approximate surface area is 113 Å². The van der Waals surface area contributed by atoms with Crippen LogP contribution in [0.2, 0.25) is 5.02 Å². The Balaban J connectivity index is 2.65. The Kier molecular flexibility index (Phi) is 3.44. The molecule has 0 saturated heterocycles. The molecule has 0 radical (unpaired) electrons. The molecular weight excluding hydrogens is 272 g/mol. The fourth-order valence-corrected chi connectivity index (χ4v) is 2.37.